The number of nitrogens with zero attached hydrogens (tertiary/aromatic N) is 2. The highest BCUT2D eigenvalue weighted by Crippen LogP contribution is 2.23. The highest BCUT2D eigenvalue weighted by atomic mass is 35.5. The van der Waals surface area contributed by atoms with Crippen LogP contribution in [0, 0.1) is 6.92 Å². The maximum absolute atomic E-state index is 12.0. The lowest BCUT2D eigenvalue weighted by Gasteiger charge is -2.06. The molecule has 7 heteroatoms. The van der Waals surface area contributed by atoms with Crippen LogP contribution >= 0.6 is 23.4 Å². The zero-order valence-electron chi connectivity index (χ0n) is 12.9. The number of amides is 1. The minimum absolute atomic E-state index is 0.156. The summed E-state index contributed by atoms with van der Waals surface area (Å²) in [5, 5.41) is 10.8. The van der Waals surface area contributed by atoms with Crippen molar-refractivity contribution in [1.29, 1.82) is 0 Å². The monoisotopic (exact) mass is 358 g/mol. The Morgan fingerprint density at radius 3 is 2.79 bits per heavy atom. The minimum atomic E-state index is -0.156. The number of rotatable bonds is 5. The highest BCUT2D eigenvalue weighted by molar-refractivity contribution is 7.99. The number of hydrogen-bond acceptors (Lipinski definition) is 4. The molecule has 0 fully saturated rings. The zero-order chi connectivity index (χ0) is 16.9. The Morgan fingerprint density at radius 1 is 1.25 bits per heavy atom. The van der Waals surface area contributed by atoms with E-state index in [1.807, 2.05) is 49.4 Å². The van der Waals surface area contributed by atoms with Gasteiger partial charge in [-0.05, 0) is 24.6 Å². The third-order valence-electron chi connectivity index (χ3n) is 3.24. The molecule has 1 aromatic heterocycles. The van der Waals surface area contributed by atoms with Crippen LogP contribution < -0.4 is 5.32 Å². The molecule has 0 bridgehead atoms. The first-order chi connectivity index (χ1) is 11.6. The highest BCUT2D eigenvalue weighted by Gasteiger charge is 2.10. The van der Waals surface area contributed by atoms with Gasteiger partial charge in [0.05, 0.1) is 16.5 Å². The second-order valence-electron chi connectivity index (χ2n) is 5.15. The molecule has 5 nitrogen and oxygen atoms in total. The number of aryl methyl sites for hydroxylation is 1. The molecule has 0 saturated carbocycles. The van der Waals surface area contributed by atoms with Gasteiger partial charge in [-0.2, -0.15) is 0 Å². The number of aromatic amines is 1. The Morgan fingerprint density at radius 2 is 2.04 bits per heavy atom. The van der Waals surface area contributed by atoms with Crippen molar-refractivity contribution in [2.75, 3.05) is 11.1 Å². The van der Waals surface area contributed by atoms with Gasteiger partial charge in [-0.3, -0.25) is 9.89 Å². The molecule has 3 aromatic rings. The summed E-state index contributed by atoms with van der Waals surface area (Å²) in [6.07, 6.45) is 0. The number of thioether (sulfide) groups is 1. The number of halogens is 1. The van der Waals surface area contributed by atoms with Gasteiger partial charge in [0, 0.05) is 5.56 Å². The van der Waals surface area contributed by atoms with Crippen LogP contribution in [0.4, 0.5) is 5.69 Å². The summed E-state index contributed by atoms with van der Waals surface area (Å²) in [6, 6.07) is 15.2. The molecule has 24 heavy (non-hydrogen) atoms. The molecule has 122 valence electrons. The number of carbonyl (C=O) groups is 1. The molecule has 1 amide bonds. The second kappa shape index (κ2) is 7.51. The largest absolute Gasteiger partial charge is 0.324 e. The van der Waals surface area contributed by atoms with Crippen molar-refractivity contribution in [2.45, 2.75) is 12.1 Å². The van der Waals surface area contributed by atoms with E-state index in [2.05, 4.69) is 20.5 Å². The molecule has 2 N–H and O–H groups in total. The van der Waals surface area contributed by atoms with Crippen LogP contribution in [0.5, 0.6) is 0 Å². The fourth-order valence-electron chi connectivity index (χ4n) is 2.07. The Hall–Kier alpha value is -2.31. The van der Waals surface area contributed by atoms with Crippen molar-refractivity contribution < 1.29 is 4.79 Å². The fourth-order valence-corrected chi connectivity index (χ4v) is 2.95. The second-order valence-corrected chi connectivity index (χ2v) is 6.50. The van der Waals surface area contributed by atoms with Crippen LogP contribution in [0.15, 0.2) is 53.7 Å². The Kier molecular flexibility index (Phi) is 5.17. The van der Waals surface area contributed by atoms with E-state index in [1.165, 1.54) is 11.8 Å². The van der Waals surface area contributed by atoms with E-state index >= 15 is 0 Å². The number of carbonyl (C=O) groups excluding carboxylic acids is 1. The van der Waals surface area contributed by atoms with Gasteiger partial charge < -0.3 is 5.32 Å². The maximum Gasteiger partial charge on any atom is 0.234 e. The molecule has 0 radical (unpaired) electrons. The van der Waals surface area contributed by atoms with Gasteiger partial charge in [-0.25, -0.2) is 4.98 Å². The number of nitrogens with one attached hydrogen (secondary N) is 2. The SMILES string of the molecule is Cc1ccc(NC(=O)CSc2n[nH]c(-c3ccccc3)n2)c(Cl)c1. The molecule has 1 heterocycles. The quantitative estimate of drug-likeness (QED) is 0.672. The molecule has 0 unspecified atom stereocenters. The normalized spacial score (nSPS) is 10.6. The predicted molar refractivity (Wildman–Crippen MR) is 97.4 cm³/mol. The van der Waals surface area contributed by atoms with Gasteiger partial charge in [0.2, 0.25) is 11.1 Å². The summed E-state index contributed by atoms with van der Waals surface area (Å²) in [5.41, 5.74) is 2.60. The van der Waals surface area contributed by atoms with Gasteiger partial charge in [0.25, 0.3) is 0 Å². The Labute approximate surface area is 148 Å². The van der Waals surface area contributed by atoms with Gasteiger partial charge in [0.15, 0.2) is 5.82 Å². The topological polar surface area (TPSA) is 70.7 Å². The summed E-state index contributed by atoms with van der Waals surface area (Å²) in [4.78, 5) is 16.4. The van der Waals surface area contributed by atoms with Crippen LogP contribution in [0.1, 0.15) is 5.56 Å². The lowest BCUT2D eigenvalue weighted by atomic mass is 10.2. The molecule has 0 aliphatic heterocycles. The van der Waals surface area contributed by atoms with E-state index in [-0.39, 0.29) is 11.7 Å². The predicted octanol–water partition coefficient (Wildman–Crippen LogP) is 4.16. The van der Waals surface area contributed by atoms with Crippen LogP contribution in [0.3, 0.4) is 0 Å². The van der Waals surface area contributed by atoms with E-state index in [0.717, 1.165) is 11.1 Å². The van der Waals surface area contributed by atoms with Crippen LogP contribution in [-0.4, -0.2) is 26.8 Å². The van der Waals surface area contributed by atoms with Gasteiger partial charge in [-0.1, -0.05) is 59.8 Å². The van der Waals surface area contributed by atoms with Gasteiger partial charge in [-0.15, -0.1) is 5.10 Å². The third-order valence-corrected chi connectivity index (χ3v) is 4.40. The molecule has 0 saturated heterocycles. The van der Waals surface area contributed by atoms with Crippen molar-refractivity contribution in [3.63, 3.8) is 0 Å². The van der Waals surface area contributed by atoms with Crippen molar-refractivity contribution in [3.05, 3.63) is 59.1 Å². The summed E-state index contributed by atoms with van der Waals surface area (Å²) in [6.45, 7) is 1.95. The van der Waals surface area contributed by atoms with Crippen molar-refractivity contribution in [2.24, 2.45) is 0 Å². The smallest absolute Gasteiger partial charge is 0.234 e. The minimum Gasteiger partial charge on any atom is -0.324 e. The summed E-state index contributed by atoms with van der Waals surface area (Å²) >= 11 is 7.37. The van der Waals surface area contributed by atoms with Gasteiger partial charge >= 0.3 is 0 Å². The average molecular weight is 359 g/mol. The van der Waals surface area contributed by atoms with E-state index in [4.69, 9.17) is 11.6 Å². The lowest BCUT2D eigenvalue weighted by molar-refractivity contribution is -0.113. The zero-order valence-corrected chi connectivity index (χ0v) is 14.5. The van der Waals surface area contributed by atoms with Crippen molar-refractivity contribution >= 4 is 35.0 Å². The number of benzene rings is 2. The molecule has 0 aliphatic rings. The van der Waals surface area contributed by atoms with Crippen molar-refractivity contribution in [3.8, 4) is 11.4 Å². The van der Waals surface area contributed by atoms with Crippen LogP contribution in [0.25, 0.3) is 11.4 Å². The molecule has 0 spiro atoms. The molecule has 0 atom stereocenters. The van der Waals surface area contributed by atoms with Gasteiger partial charge in [0.1, 0.15) is 0 Å². The van der Waals surface area contributed by atoms with E-state index < -0.39 is 0 Å². The molecule has 0 aliphatic carbocycles. The maximum atomic E-state index is 12.0. The van der Waals surface area contributed by atoms with E-state index in [0.29, 0.717) is 21.7 Å². The third kappa shape index (κ3) is 4.15. The number of aromatic nitrogens is 3. The Balaban J connectivity index is 1.58. The first kappa shape index (κ1) is 16.5. The standard InChI is InChI=1S/C17H15ClN4OS/c1-11-7-8-14(13(18)9-11)19-15(23)10-24-17-20-16(21-22-17)12-5-3-2-4-6-12/h2-9H,10H2,1H3,(H,19,23)(H,20,21,22). The molecular formula is C17H15ClN4OS. The molecular weight excluding hydrogens is 344 g/mol. The lowest BCUT2D eigenvalue weighted by Crippen LogP contribution is -2.14. The number of hydrogen-bond donors (Lipinski definition) is 2. The van der Waals surface area contributed by atoms with Crippen LogP contribution in [0.2, 0.25) is 5.02 Å². The van der Waals surface area contributed by atoms with Crippen LogP contribution in [-0.2, 0) is 4.79 Å². The number of H-pyrrole nitrogens is 1. The number of anilines is 1. The molecule has 2 aromatic carbocycles. The average Bonchev–Trinajstić information content (AvgIpc) is 3.05. The first-order valence-corrected chi connectivity index (χ1v) is 8.65. The summed E-state index contributed by atoms with van der Waals surface area (Å²) in [7, 11) is 0. The molecule has 3 rings (SSSR count). The first-order valence-electron chi connectivity index (χ1n) is 7.28. The fraction of sp³-hybridized carbons (Fsp3) is 0.118. The Bertz CT molecular complexity index is 851. The summed E-state index contributed by atoms with van der Waals surface area (Å²) < 4.78 is 0. The van der Waals surface area contributed by atoms with E-state index in [1.54, 1.807) is 6.07 Å². The summed E-state index contributed by atoms with van der Waals surface area (Å²) in [5.74, 6) is 0.730. The van der Waals surface area contributed by atoms with E-state index in [9.17, 15) is 4.79 Å². The van der Waals surface area contributed by atoms with Crippen molar-refractivity contribution in [1.82, 2.24) is 15.2 Å².